The third-order valence-corrected chi connectivity index (χ3v) is 7.59. The molecule has 0 bridgehead atoms. The molecule has 0 saturated carbocycles. The first-order valence-electron chi connectivity index (χ1n) is 12.0. The van der Waals surface area contributed by atoms with Crippen LogP contribution in [0.3, 0.4) is 0 Å². The molecule has 1 aliphatic heterocycles. The van der Waals surface area contributed by atoms with E-state index in [-0.39, 0.29) is 22.9 Å². The second-order valence-electron chi connectivity index (χ2n) is 8.69. The molecular formula is C29H25N3O3S2. The van der Waals surface area contributed by atoms with Crippen LogP contribution in [-0.4, -0.2) is 31.1 Å². The molecule has 8 heteroatoms. The van der Waals surface area contributed by atoms with Crippen molar-refractivity contribution < 1.29 is 9.53 Å². The number of nitrogens with zero attached hydrogens (tertiary/aromatic N) is 3. The lowest BCUT2D eigenvalue weighted by Gasteiger charge is -2.14. The minimum atomic E-state index is -0.316. The van der Waals surface area contributed by atoms with E-state index in [2.05, 4.69) is 11.9 Å². The third-order valence-electron chi connectivity index (χ3n) is 6.21. The van der Waals surface area contributed by atoms with Gasteiger partial charge in [0, 0.05) is 12.7 Å². The van der Waals surface area contributed by atoms with Crippen LogP contribution in [0.4, 0.5) is 0 Å². The zero-order valence-corrected chi connectivity index (χ0v) is 22.1. The summed E-state index contributed by atoms with van der Waals surface area (Å²) in [5.74, 6) is 0.489. The third kappa shape index (κ3) is 5.21. The second-order valence-corrected chi connectivity index (χ2v) is 10.4. The van der Waals surface area contributed by atoms with E-state index in [4.69, 9.17) is 17.0 Å². The Balaban J connectivity index is 1.52. The lowest BCUT2D eigenvalue weighted by Crippen LogP contribution is -2.30. The second kappa shape index (κ2) is 10.7. The predicted octanol–water partition coefficient (Wildman–Crippen LogP) is 5.80. The molecule has 0 N–H and O–H groups in total. The van der Waals surface area contributed by atoms with Gasteiger partial charge < -0.3 is 4.74 Å². The quantitative estimate of drug-likeness (QED) is 0.224. The molecule has 1 fully saturated rings. The molecular weight excluding hydrogens is 502 g/mol. The number of aryl methyl sites for hydroxylation is 2. The number of amides is 1. The van der Waals surface area contributed by atoms with Gasteiger partial charge in [-0.1, -0.05) is 79.4 Å². The molecule has 6 nitrogen and oxygen atoms in total. The highest BCUT2D eigenvalue weighted by Gasteiger charge is 2.32. The van der Waals surface area contributed by atoms with Gasteiger partial charge in [-0.3, -0.25) is 18.9 Å². The van der Waals surface area contributed by atoms with E-state index >= 15 is 0 Å². The smallest absolute Gasteiger partial charge is 0.269 e. The lowest BCUT2D eigenvalue weighted by molar-refractivity contribution is -0.122. The van der Waals surface area contributed by atoms with Crippen molar-refractivity contribution in [1.29, 1.82) is 0 Å². The average molecular weight is 528 g/mol. The van der Waals surface area contributed by atoms with Gasteiger partial charge in [0.15, 0.2) is 0 Å². The molecule has 0 radical (unpaired) electrons. The predicted molar refractivity (Wildman–Crippen MR) is 152 cm³/mol. The summed E-state index contributed by atoms with van der Waals surface area (Å²) in [6.07, 6.45) is 4.82. The fourth-order valence-corrected chi connectivity index (χ4v) is 5.40. The number of hydrogen-bond acceptors (Lipinski definition) is 6. The Kier molecular flexibility index (Phi) is 7.21. The fraction of sp³-hybridized carbons (Fsp3) is 0.172. The number of rotatable bonds is 7. The summed E-state index contributed by atoms with van der Waals surface area (Å²) in [4.78, 5) is 33.5. The largest absolute Gasteiger partial charge is 0.438 e. The van der Waals surface area contributed by atoms with Crippen molar-refractivity contribution in [3.05, 3.63) is 110 Å². The van der Waals surface area contributed by atoms with Crippen LogP contribution in [0.25, 0.3) is 11.7 Å². The fourth-order valence-electron chi connectivity index (χ4n) is 4.11. The zero-order chi connectivity index (χ0) is 25.9. The van der Waals surface area contributed by atoms with Crippen LogP contribution < -0.4 is 10.3 Å². The molecule has 0 unspecified atom stereocenters. The van der Waals surface area contributed by atoms with Gasteiger partial charge in [0.1, 0.15) is 21.3 Å². The van der Waals surface area contributed by atoms with Crippen molar-refractivity contribution in [3.8, 4) is 11.6 Å². The number of thioether (sulfide) groups is 1. The van der Waals surface area contributed by atoms with E-state index < -0.39 is 0 Å². The van der Waals surface area contributed by atoms with Gasteiger partial charge in [-0.15, -0.1) is 0 Å². The molecule has 1 aliphatic rings. The van der Waals surface area contributed by atoms with E-state index in [1.807, 2.05) is 67.6 Å². The van der Waals surface area contributed by atoms with Crippen LogP contribution in [0.15, 0.2) is 82.6 Å². The summed E-state index contributed by atoms with van der Waals surface area (Å²) in [6, 6.07) is 21.3. The topological polar surface area (TPSA) is 63.9 Å². The van der Waals surface area contributed by atoms with Crippen LogP contribution in [0.5, 0.6) is 11.6 Å². The van der Waals surface area contributed by atoms with Crippen LogP contribution in [0.2, 0.25) is 0 Å². The maximum absolute atomic E-state index is 13.6. The van der Waals surface area contributed by atoms with E-state index in [9.17, 15) is 9.59 Å². The van der Waals surface area contributed by atoms with Gasteiger partial charge in [-0.2, -0.15) is 4.98 Å². The van der Waals surface area contributed by atoms with Crippen LogP contribution in [0.1, 0.15) is 29.2 Å². The van der Waals surface area contributed by atoms with Crippen molar-refractivity contribution in [3.63, 3.8) is 0 Å². The Hall–Kier alpha value is -3.75. The molecule has 186 valence electrons. The average Bonchev–Trinajstić information content (AvgIpc) is 3.18. The van der Waals surface area contributed by atoms with E-state index in [0.29, 0.717) is 33.6 Å². The first-order chi connectivity index (χ1) is 17.9. The number of fused-ring (bicyclic) bond motifs is 1. The molecule has 2 aromatic carbocycles. The van der Waals surface area contributed by atoms with Crippen molar-refractivity contribution in [2.75, 3.05) is 6.54 Å². The standard InChI is InChI=1S/C29H25N3O3S2/c1-3-20-11-13-22(14-12-20)35-26-23(27(33)31-16-7-8-19(2)25(31)30-26)18-24-28(34)32(29(36)37-24)17-15-21-9-5-4-6-10-21/h4-14,16,18H,3,15,17H2,1-2H3/b24-18+. The molecule has 0 spiro atoms. The van der Waals surface area contributed by atoms with E-state index in [1.54, 1.807) is 23.2 Å². The summed E-state index contributed by atoms with van der Waals surface area (Å²) >= 11 is 6.70. The number of carbonyl (C=O) groups excluding carboxylic acids is 1. The highest BCUT2D eigenvalue weighted by atomic mass is 32.2. The summed E-state index contributed by atoms with van der Waals surface area (Å²) in [7, 11) is 0. The van der Waals surface area contributed by atoms with Gasteiger partial charge in [0.05, 0.1) is 4.91 Å². The molecule has 0 atom stereocenters. The van der Waals surface area contributed by atoms with Gasteiger partial charge in [0.2, 0.25) is 5.88 Å². The first kappa shape index (κ1) is 24.9. The Bertz CT molecular complexity index is 1580. The number of hydrogen-bond donors (Lipinski definition) is 0. The maximum atomic E-state index is 13.6. The van der Waals surface area contributed by atoms with Gasteiger partial charge in [0.25, 0.3) is 11.5 Å². The van der Waals surface area contributed by atoms with Crippen LogP contribution in [0, 0.1) is 6.92 Å². The number of ether oxygens (including phenoxy) is 1. The molecule has 1 amide bonds. The summed E-state index contributed by atoms with van der Waals surface area (Å²) < 4.78 is 8.07. The summed E-state index contributed by atoms with van der Waals surface area (Å²) in [5, 5.41) is 0. The van der Waals surface area contributed by atoms with Crippen molar-refractivity contribution in [2.24, 2.45) is 0 Å². The minimum absolute atomic E-state index is 0.151. The Morgan fingerprint density at radius 1 is 1.00 bits per heavy atom. The Morgan fingerprint density at radius 2 is 1.76 bits per heavy atom. The summed E-state index contributed by atoms with van der Waals surface area (Å²) in [6.45, 7) is 4.44. The highest BCUT2D eigenvalue weighted by Crippen LogP contribution is 2.34. The summed E-state index contributed by atoms with van der Waals surface area (Å²) in [5.41, 5.74) is 3.52. The number of pyridine rings is 1. The van der Waals surface area contributed by atoms with E-state index in [1.165, 1.54) is 21.7 Å². The number of aromatic nitrogens is 2. The Labute approximate surface area is 224 Å². The maximum Gasteiger partial charge on any atom is 0.269 e. The van der Waals surface area contributed by atoms with E-state index in [0.717, 1.165) is 17.5 Å². The lowest BCUT2D eigenvalue weighted by atomic mass is 10.1. The van der Waals surface area contributed by atoms with Gasteiger partial charge in [-0.25, -0.2) is 0 Å². The molecule has 2 aromatic heterocycles. The molecule has 3 heterocycles. The van der Waals surface area contributed by atoms with Crippen molar-refractivity contribution in [2.45, 2.75) is 26.7 Å². The monoisotopic (exact) mass is 527 g/mol. The van der Waals surface area contributed by atoms with Crippen LogP contribution >= 0.6 is 24.0 Å². The van der Waals surface area contributed by atoms with Crippen LogP contribution in [-0.2, 0) is 17.6 Å². The Morgan fingerprint density at radius 3 is 2.49 bits per heavy atom. The van der Waals surface area contributed by atoms with Gasteiger partial charge >= 0.3 is 0 Å². The molecule has 37 heavy (non-hydrogen) atoms. The number of thiocarbonyl (C=S) groups is 1. The van der Waals surface area contributed by atoms with Gasteiger partial charge in [-0.05, 0) is 60.7 Å². The van der Waals surface area contributed by atoms with Crippen molar-refractivity contribution >= 4 is 45.9 Å². The molecule has 4 aromatic rings. The zero-order valence-electron chi connectivity index (χ0n) is 20.5. The minimum Gasteiger partial charge on any atom is -0.438 e. The SMILES string of the molecule is CCc1ccc(Oc2nc3c(C)cccn3c(=O)c2/C=C2/SC(=S)N(CCc3ccccc3)C2=O)cc1. The molecule has 5 rings (SSSR count). The number of benzene rings is 2. The normalized spacial score (nSPS) is 14.6. The molecule has 0 aliphatic carbocycles. The van der Waals surface area contributed by atoms with Crippen molar-refractivity contribution in [1.82, 2.24) is 14.3 Å². The molecule has 1 saturated heterocycles. The number of carbonyl (C=O) groups is 1. The first-order valence-corrected chi connectivity index (χ1v) is 13.2. The highest BCUT2D eigenvalue weighted by molar-refractivity contribution is 8.26.